The van der Waals surface area contributed by atoms with Crippen LogP contribution in [0.3, 0.4) is 0 Å². The topological polar surface area (TPSA) is 76.4 Å². The maximum Gasteiger partial charge on any atom is 0.191 e. The molecule has 29 heavy (non-hydrogen) atoms. The van der Waals surface area contributed by atoms with Crippen molar-refractivity contribution in [1.82, 2.24) is 25.4 Å². The number of fused-ring (bicyclic) bond motifs is 1. The van der Waals surface area contributed by atoms with E-state index in [1.165, 1.54) is 5.56 Å². The number of benzene rings is 1. The Bertz CT molecular complexity index is 762. The zero-order valence-electron chi connectivity index (χ0n) is 17.6. The van der Waals surface area contributed by atoms with Crippen LogP contribution in [-0.4, -0.2) is 46.5 Å². The summed E-state index contributed by atoms with van der Waals surface area (Å²) in [5.74, 6) is 3.23. The number of halogens is 1. The van der Waals surface area contributed by atoms with Crippen molar-refractivity contribution in [3.8, 4) is 0 Å². The van der Waals surface area contributed by atoms with Gasteiger partial charge in [-0.05, 0) is 18.9 Å². The fourth-order valence-corrected chi connectivity index (χ4v) is 3.19. The van der Waals surface area contributed by atoms with Gasteiger partial charge in [0.15, 0.2) is 11.8 Å². The van der Waals surface area contributed by atoms with Crippen LogP contribution < -0.4 is 10.6 Å². The third-order valence-electron chi connectivity index (χ3n) is 4.69. The summed E-state index contributed by atoms with van der Waals surface area (Å²) in [7, 11) is 0. The van der Waals surface area contributed by atoms with Gasteiger partial charge >= 0.3 is 0 Å². The third-order valence-corrected chi connectivity index (χ3v) is 4.69. The van der Waals surface area contributed by atoms with Crippen LogP contribution in [0.1, 0.15) is 50.3 Å². The summed E-state index contributed by atoms with van der Waals surface area (Å²) in [6.45, 7) is 9.84. The minimum atomic E-state index is 0. The first kappa shape index (κ1) is 23.6. The number of nitrogens with one attached hydrogen (secondary N) is 2. The molecule has 7 nitrogen and oxygen atoms in total. The Morgan fingerprint density at radius 1 is 1.31 bits per heavy atom. The molecular formula is C21H33IN6O. The molecular weight excluding hydrogens is 479 g/mol. The number of aryl methyl sites for hydroxylation is 1. The van der Waals surface area contributed by atoms with E-state index in [-0.39, 0.29) is 24.0 Å². The molecule has 0 fully saturated rings. The quantitative estimate of drug-likeness (QED) is 0.246. The lowest BCUT2D eigenvalue weighted by Crippen LogP contribution is -2.47. The first-order chi connectivity index (χ1) is 13.7. The second kappa shape index (κ2) is 12.1. The van der Waals surface area contributed by atoms with Crippen LogP contribution in [0.25, 0.3) is 0 Å². The van der Waals surface area contributed by atoms with Crippen molar-refractivity contribution in [3.63, 3.8) is 0 Å². The summed E-state index contributed by atoms with van der Waals surface area (Å²) in [4.78, 5) is 9.31. The van der Waals surface area contributed by atoms with Gasteiger partial charge in [-0.2, -0.15) is 5.10 Å². The van der Waals surface area contributed by atoms with Gasteiger partial charge in [-0.15, -0.1) is 24.0 Å². The number of hydrogen-bond donors (Lipinski definition) is 2. The smallest absolute Gasteiger partial charge is 0.191 e. The molecule has 3 rings (SSSR count). The number of aromatic nitrogens is 3. The van der Waals surface area contributed by atoms with E-state index in [0.717, 1.165) is 43.5 Å². The van der Waals surface area contributed by atoms with Crippen LogP contribution in [-0.2, 0) is 24.3 Å². The minimum absolute atomic E-state index is 0. The highest BCUT2D eigenvalue weighted by molar-refractivity contribution is 14.0. The predicted molar refractivity (Wildman–Crippen MR) is 127 cm³/mol. The molecule has 1 aromatic heterocycles. The van der Waals surface area contributed by atoms with E-state index >= 15 is 0 Å². The average molecular weight is 512 g/mol. The molecule has 2 heterocycles. The standard InChI is InChI=1S/C21H32N6O.HI/c1-4-22-21(23-12-13-28-15-17-8-6-5-7-9-17)24-18-10-11-19-25-20(16(2)3)26-27(19)14-18;/h5-9,16,18H,4,10-15H2,1-3H3,(H2,22,23,24);1H. The first-order valence-electron chi connectivity index (χ1n) is 10.3. The Balaban J connectivity index is 0.00000300. The number of guanidine groups is 1. The van der Waals surface area contributed by atoms with Gasteiger partial charge in [0.2, 0.25) is 0 Å². The molecule has 1 aromatic carbocycles. The zero-order valence-corrected chi connectivity index (χ0v) is 19.9. The van der Waals surface area contributed by atoms with Crippen molar-refractivity contribution in [3.05, 3.63) is 47.5 Å². The monoisotopic (exact) mass is 512 g/mol. The molecule has 0 amide bonds. The molecule has 0 saturated heterocycles. The lowest BCUT2D eigenvalue weighted by atomic mass is 10.1. The summed E-state index contributed by atoms with van der Waals surface area (Å²) in [5, 5.41) is 11.5. The van der Waals surface area contributed by atoms with Gasteiger partial charge in [-0.25, -0.2) is 9.67 Å². The molecule has 160 valence electrons. The van der Waals surface area contributed by atoms with Crippen molar-refractivity contribution in [1.29, 1.82) is 0 Å². The maximum absolute atomic E-state index is 5.72. The summed E-state index contributed by atoms with van der Waals surface area (Å²) in [6.07, 6.45) is 1.97. The maximum atomic E-state index is 5.72. The average Bonchev–Trinajstić information content (AvgIpc) is 3.12. The minimum Gasteiger partial charge on any atom is -0.375 e. The van der Waals surface area contributed by atoms with E-state index in [0.29, 0.717) is 31.7 Å². The van der Waals surface area contributed by atoms with Gasteiger partial charge in [-0.1, -0.05) is 44.2 Å². The van der Waals surface area contributed by atoms with Crippen molar-refractivity contribution in [2.75, 3.05) is 19.7 Å². The summed E-state index contributed by atoms with van der Waals surface area (Å²) < 4.78 is 7.77. The normalized spacial score (nSPS) is 16.3. The lowest BCUT2D eigenvalue weighted by Gasteiger charge is -2.25. The molecule has 0 saturated carbocycles. The third kappa shape index (κ3) is 7.26. The molecule has 1 aliphatic rings. The summed E-state index contributed by atoms with van der Waals surface area (Å²) >= 11 is 0. The van der Waals surface area contributed by atoms with E-state index in [1.54, 1.807) is 0 Å². The highest BCUT2D eigenvalue weighted by Gasteiger charge is 2.23. The zero-order chi connectivity index (χ0) is 19.8. The van der Waals surface area contributed by atoms with Crippen molar-refractivity contribution in [2.45, 2.75) is 58.7 Å². The Labute approximate surface area is 190 Å². The number of hydrogen-bond acceptors (Lipinski definition) is 4. The molecule has 0 bridgehead atoms. The number of nitrogens with zero attached hydrogens (tertiary/aromatic N) is 4. The van der Waals surface area contributed by atoms with Gasteiger partial charge < -0.3 is 15.4 Å². The summed E-state index contributed by atoms with van der Waals surface area (Å²) in [5.41, 5.74) is 1.18. The van der Waals surface area contributed by atoms with Gasteiger partial charge in [0.05, 0.1) is 26.3 Å². The van der Waals surface area contributed by atoms with Crippen molar-refractivity contribution < 1.29 is 4.74 Å². The van der Waals surface area contributed by atoms with E-state index in [1.807, 2.05) is 22.9 Å². The van der Waals surface area contributed by atoms with Crippen LogP contribution in [0.15, 0.2) is 35.3 Å². The predicted octanol–water partition coefficient (Wildman–Crippen LogP) is 3.11. The fraction of sp³-hybridized carbons (Fsp3) is 0.571. The van der Waals surface area contributed by atoms with Gasteiger partial charge in [0.25, 0.3) is 0 Å². The van der Waals surface area contributed by atoms with Crippen LogP contribution in [0.5, 0.6) is 0 Å². The van der Waals surface area contributed by atoms with Crippen LogP contribution in [0, 0.1) is 0 Å². The van der Waals surface area contributed by atoms with Crippen molar-refractivity contribution in [2.24, 2.45) is 4.99 Å². The van der Waals surface area contributed by atoms with E-state index in [2.05, 4.69) is 58.6 Å². The van der Waals surface area contributed by atoms with Gasteiger partial charge in [0.1, 0.15) is 5.82 Å². The molecule has 0 radical (unpaired) electrons. The molecule has 1 aliphatic heterocycles. The summed E-state index contributed by atoms with van der Waals surface area (Å²) in [6, 6.07) is 10.5. The highest BCUT2D eigenvalue weighted by Crippen LogP contribution is 2.16. The molecule has 0 aliphatic carbocycles. The molecule has 2 aromatic rings. The highest BCUT2D eigenvalue weighted by atomic mass is 127. The largest absolute Gasteiger partial charge is 0.375 e. The van der Waals surface area contributed by atoms with E-state index in [9.17, 15) is 0 Å². The van der Waals surface area contributed by atoms with Crippen LogP contribution in [0.2, 0.25) is 0 Å². The molecule has 0 spiro atoms. The Morgan fingerprint density at radius 2 is 2.10 bits per heavy atom. The Morgan fingerprint density at radius 3 is 2.83 bits per heavy atom. The van der Waals surface area contributed by atoms with E-state index < -0.39 is 0 Å². The molecule has 8 heteroatoms. The Kier molecular flexibility index (Phi) is 9.86. The second-order valence-corrected chi connectivity index (χ2v) is 7.40. The van der Waals surface area contributed by atoms with Crippen LogP contribution >= 0.6 is 24.0 Å². The Hall–Kier alpha value is -1.68. The molecule has 2 N–H and O–H groups in total. The first-order valence-corrected chi connectivity index (χ1v) is 10.3. The number of ether oxygens (including phenoxy) is 1. The molecule has 1 atom stereocenters. The van der Waals surface area contributed by atoms with Gasteiger partial charge in [0, 0.05) is 24.9 Å². The van der Waals surface area contributed by atoms with E-state index in [4.69, 9.17) is 4.74 Å². The number of rotatable bonds is 8. The number of aliphatic imine (C=N–C) groups is 1. The van der Waals surface area contributed by atoms with Gasteiger partial charge in [-0.3, -0.25) is 4.99 Å². The second-order valence-electron chi connectivity index (χ2n) is 7.40. The van der Waals surface area contributed by atoms with Crippen LogP contribution in [0.4, 0.5) is 0 Å². The SMILES string of the molecule is CCNC(=NCCOCc1ccccc1)NC1CCc2nc(C(C)C)nn2C1.I. The lowest BCUT2D eigenvalue weighted by molar-refractivity contribution is 0.128. The fourth-order valence-electron chi connectivity index (χ4n) is 3.19. The molecule has 1 unspecified atom stereocenters. The van der Waals surface area contributed by atoms with Crippen molar-refractivity contribution >= 4 is 29.9 Å².